The van der Waals surface area contributed by atoms with E-state index in [1.165, 1.54) is 0 Å². The van der Waals surface area contributed by atoms with Gasteiger partial charge in [0.25, 0.3) is 0 Å². The summed E-state index contributed by atoms with van der Waals surface area (Å²) in [5, 5.41) is 3.37. The van der Waals surface area contributed by atoms with Gasteiger partial charge in [-0.05, 0) is 0 Å². The first-order valence-corrected chi connectivity index (χ1v) is 13.2. The van der Waals surface area contributed by atoms with Crippen molar-refractivity contribution in [3.05, 3.63) is 146 Å². The first-order chi connectivity index (χ1) is 16.2. The van der Waals surface area contributed by atoms with Gasteiger partial charge in [-0.3, -0.25) is 0 Å². The zero-order chi connectivity index (χ0) is 22.6. The minimum absolute atomic E-state index is 0.639. The minimum atomic E-state index is -4.15. The molecule has 0 unspecified atom stereocenters. The fraction of sp³-hybridized carbons (Fsp3) is 0. The molecule has 0 aliphatic rings. The molecule has 0 fully saturated rings. The van der Waals surface area contributed by atoms with Crippen LogP contribution in [-0.4, -0.2) is 4.89 Å². The molecular formula is C30H25O2P. The standard InChI is InChI=1S/C30H25O2P/c31-33(26-17-7-2-8-18-26,27-19-9-3-10-20-27,28-21-11-4-12-22-28)30-24-14-13-23-29(30)32-25-15-5-1-6-16-25/h1-24,31H. The van der Waals surface area contributed by atoms with Crippen LogP contribution in [0.5, 0.6) is 11.5 Å². The normalized spacial score (nSPS) is 12.5. The molecule has 0 heterocycles. The van der Waals surface area contributed by atoms with Gasteiger partial charge in [-0.25, -0.2) is 0 Å². The predicted octanol–water partition coefficient (Wildman–Crippen LogP) is 5.54. The number of ether oxygens (including phenoxy) is 1. The Labute approximate surface area is 194 Å². The molecule has 0 bridgehead atoms. The van der Waals surface area contributed by atoms with E-state index in [0.717, 1.165) is 27.0 Å². The summed E-state index contributed by atoms with van der Waals surface area (Å²) in [6.07, 6.45) is 0. The quantitative estimate of drug-likeness (QED) is 0.346. The maximum absolute atomic E-state index is 13.6. The fourth-order valence-corrected chi connectivity index (χ4v) is 9.45. The number of rotatable bonds is 6. The van der Waals surface area contributed by atoms with Crippen LogP contribution in [0.15, 0.2) is 146 Å². The average molecular weight is 449 g/mol. The van der Waals surface area contributed by atoms with E-state index in [1.54, 1.807) is 0 Å². The van der Waals surface area contributed by atoms with Gasteiger partial charge in [0.1, 0.15) is 0 Å². The maximum atomic E-state index is 13.6. The first-order valence-electron chi connectivity index (χ1n) is 11.0. The van der Waals surface area contributed by atoms with Crippen LogP contribution in [0, 0.1) is 0 Å². The van der Waals surface area contributed by atoms with Crippen molar-refractivity contribution in [3.63, 3.8) is 0 Å². The Morgan fingerprint density at radius 3 is 1.24 bits per heavy atom. The van der Waals surface area contributed by atoms with Gasteiger partial charge in [0.15, 0.2) is 0 Å². The molecular weight excluding hydrogens is 423 g/mol. The Balaban J connectivity index is 1.91. The van der Waals surface area contributed by atoms with Gasteiger partial charge in [-0.15, -0.1) is 0 Å². The summed E-state index contributed by atoms with van der Waals surface area (Å²) < 4.78 is 6.42. The Kier molecular flexibility index (Phi) is 5.56. The molecule has 0 aromatic heterocycles. The number of hydrogen-bond donors (Lipinski definition) is 1. The second kappa shape index (κ2) is 8.67. The van der Waals surface area contributed by atoms with E-state index in [1.807, 2.05) is 146 Å². The summed E-state index contributed by atoms with van der Waals surface area (Å²) in [5.41, 5.74) is 0. The molecule has 5 rings (SSSR count). The van der Waals surface area contributed by atoms with Crippen molar-refractivity contribution in [2.75, 3.05) is 0 Å². The van der Waals surface area contributed by atoms with E-state index in [2.05, 4.69) is 0 Å². The molecule has 2 nitrogen and oxygen atoms in total. The van der Waals surface area contributed by atoms with Crippen molar-refractivity contribution in [3.8, 4) is 11.5 Å². The zero-order valence-electron chi connectivity index (χ0n) is 18.2. The van der Waals surface area contributed by atoms with Gasteiger partial charge >= 0.3 is 195 Å². The second-order valence-electron chi connectivity index (χ2n) is 7.96. The van der Waals surface area contributed by atoms with Crippen LogP contribution >= 0.6 is 6.83 Å². The van der Waals surface area contributed by atoms with E-state index in [4.69, 9.17) is 4.74 Å². The van der Waals surface area contributed by atoms with Crippen LogP contribution in [0.1, 0.15) is 0 Å². The number of benzene rings is 5. The molecule has 0 saturated heterocycles. The summed E-state index contributed by atoms with van der Waals surface area (Å²) in [6, 6.07) is 47.6. The number of hydrogen-bond acceptors (Lipinski definition) is 2. The Hall–Kier alpha value is -3.71. The molecule has 0 amide bonds. The molecule has 5 aromatic rings. The zero-order valence-corrected chi connectivity index (χ0v) is 19.1. The summed E-state index contributed by atoms with van der Waals surface area (Å²) in [7, 11) is 0. The van der Waals surface area contributed by atoms with Crippen molar-refractivity contribution >= 4 is 28.0 Å². The van der Waals surface area contributed by atoms with Gasteiger partial charge in [-0.1, -0.05) is 0 Å². The Bertz CT molecular complexity index is 1240. The fourth-order valence-electron chi connectivity index (χ4n) is 4.54. The van der Waals surface area contributed by atoms with E-state index in [0.29, 0.717) is 5.75 Å². The van der Waals surface area contributed by atoms with E-state index >= 15 is 0 Å². The van der Waals surface area contributed by atoms with Crippen molar-refractivity contribution in [2.24, 2.45) is 0 Å². The first kappa shape index (κ1) is 21.2. The van der Waals surface area contributed by atoms with Gasteiger partial charge in [-0.2, -0.15) is 0 Å². The van der Waals surface area contributed by atoms with Crippen LogP contribution in [0.25, 0.3) is 0 Å². The summed E-state index contributed by atoms with van der Waals surface area (Å²) in [4.78, 5) is 13.6. The van der Waals surface area contributed by atoms with E-state index < -0.39 is 6.83 Å². The van der Waals surface area contributed by atoms with E-state index in [-0.39, 0.29) is 0 Å². The SMILES string of the molecule is OP(c1ccccc1)(c1ccccc1)(c1ccccc1)c1ccccc1Oc1ccccc1. The molecule has 0 atom stereocenters. The Morgan fingerprint density at radius 1 is 0.424 bits per heavy atom. The third kappa shape index (κ3) is 3.45. The molecule has 0 aliphatic carbocycles. The van der Waals surface area contributed by atoms with Crippen LogP contribution < -0.4 is 26.0 Å². The molecule has 3 heteroatoms. The topological polar surface area (TPSA) is 29.5 Å². The third-order valence-corrected chi connectivity index (χ3v) is 11.3. The van der Waals surface area contributed by atoms with Crippen LogP contribution in [0.2, 0.25) is 0 Å². The monoisotopic (exact) mass is 448 g/mol. The third-order valence-electron chi connectivity index (χ3n) is 6.08. The van der Waals surface area contributed by atoms with Gasteiger partial charge in [0.2, 0.25) is 0 Å². The van der Waals surface area contributed by atoms with Crippen molar-refractivity contribution in [1.82, 2.24) is 0 Å². The predicted molar refractivity (Wildman–Crippen MR) is 140 cm³/mol. The van der Waals surface area contributed by atoms with Gasteiger partial charge < -0.3 is 0 Å². The summed E-state index contributed by atoms with van der Waals surface area (Å²) >= 11 is 0. The molecule has 0 aliphatic heterocycles. The van der Waals surface area contributed by atoms with Crippen molar-refractivity contribution in [1.29, 1.82) is 0 Å². The number of para-hydroxylation sites is 2. The summed E-state index contributed by atoms with van der Waals surface area (Å²) in [6.45, 7) is -4.15. The molecule has 0 saturated carbocycles. The van der Waals surface area contributed by atoms with Gasteiger partial charge in [0.05, 0.1) is 0 Å². The van der Waals surface area contributed by atoms with Crippen molar-refractivity contribution < 1.29 is 9.63 Å². The van der Waals surface area contributed by atoms with E-state index in [9.17, 15) is 4.89 Å². The van der Waals surface area contributed by atoms with Crippen LogP contribution in [0.4, 0.5) is 0 Å². The van der Waals surface area contributed by atoms with Crippen LogP contribution in [0.3, 0.4) is 0 Å². The van der Waals surface area contributed by atoms with Crippen molar-refractivity contribution in [2.45, 2.75) is 0 Å². The Morgan fingerprint density at radius 2 is 0.788 bits per heavy atom. The summed E-state index contributed by atoms with van der Waals surface area (Å²) in [5.74, 6) is 1.37. The molecule has 0 spiro atoms. The van der Waals surface area contributed by atoms with Crippen LogP contribution in [-0.2, 0) is 0 Å². The average Bonchev–Trinajstić information content (AvgIpc) is 2.91. The molecule has 5 aromatic carbocycles. The molecule has 0 radical (unpaired) electrons. The molecule has 162 valence electrons. The van der Waals surface area contributed by atoms with Gasteiger partial charge in [0, 0.05) is 0 Å². The second-order valence-corrected chi connectivity index (χ2v) is 12.1. The molecule has 33 heavy (non-hydrogen) atoms. The molecule has 1 N–H and O–H groups in total.